The van der Waals surface area contributed by atoms with Crippen LogP contribution >= 0.6 is 0 Å². The summed E-state index contributed by atoms with van der Waals surface area (Å²) in [4.78, 5) is 0. The molecule has 0 bridgehead atoms. The Kier molecular flexibility index (Phi) is 4.32. The molecule has 0 spiro atoms. The van der Waals surface area contributed by atoms with E-state index in [9.17, 15) is 5.11 Å². The molecule has 0 aliphatic heterocycles. The number of allylic oxidation sites excluding steroid dienone is 1. The van der Waals surface area contributed by atoms with Crippen molar-refractivity contribution in [2.24, 2.45) is 5.92 Å². The molecular formula is C14H18O. The molecule has 1 nitrogen and oxygen atoms in total. The minimum atomic E-state index is -0.501. The molecule has 0 aliphatic carbocycles. The highest BCUT2D eigenvalue weighted by Crippen LogP contribution is 2.24. The average molecular weight is 202 g/mol. The van der Waals surface area contributed by atoms with Gasteiger partial charge in [-0.05, 0) is 19.4 Å². The van der Waals surface area contributed by atoms with Gasteiger partial charge in [0.25, 0.3) is 0 Å². The lowest BCUT2D eigenvalue weighted by atomic mass is 9.94. The van der Waals surface area contributed by atoms with Gasteiger partial charge in [-0.3, -0.25) is 0 Å². The second kappa shape index (κ2) is 5.52. The van der Waals surface area contributed by atoms with Gasteiger partial charge in [0.2, 0.25) is 0 Å². The summed E-state index contributed by atoms with van der Waals surface area (Å²) in [5.74, 6) is -0.0163. The lowest BCUT2D eigenvalue weighted by molar-refractivity contribution is 0.151. The van der Waals surface area contributed by atoms with Crippen molar-refractivity contribution in [2.45, 2.75) is 20.0 Å². The van der Waals surface area contributed by atoms with E-state index in [1.165, 1.54) is 5.57 Å². The predicted molar refractivity (Wildman–Crippen MR) is 64.5 cm³/mol. The molecule has 0 aliphatic rings. The van der Waals surface area contributed by atoms with Gasteiger partial charge in [0.15, 0.2) is 0 Å². The lowest BCUT2D eigenvalue weighted by Gasteiger charge is -2.17. The molecule has 80 valence electrons. The van der Waals surface area contributed by atoms with Crippen molar-refractivity contribution in [3.05, 3.63) is 60.2 Å². The fraction of sp³-hybridized carbons (Fsp3) is 0.286. The van der Waals surface area contributed by atoms with Crippen molar-refractivity contribution < 1.29 is 5.11 Å². The third kappa shape index (κ3) is 3.37. The highest BCUT2D eigenvalue weighted by atomic mass is 16.3. The normalized spacial score (nSPS) is 14.1. The molecule has 1 aromatic carbocycles. The largest absolute Gasteiger partial charge is 0.387 e. The number of hydrogen-bond donors (Lipinski definition) is 1. The Morgan fingerprint density at radius 3 is 2.33 bits per heavy atom. The Morgan fingerprint density at radius 2 is 1.87 bits per heavy atom. The zero-order valence-corrected chi connectivity index (χ0v) is 9.35. The van der Waals surface area contributed by atoms with E-state index < -0.39 is 6.10 Å². The zero-order chi connectivity index (χ0) is 11.3. The summed E-state index contributed by atoms with van der Waals surface area (Å²) in [6.45, 7) is 7.80. The van der Waals surface area contributed by atoms with E-state index in [2.05, 4.69) is 6.58 Å². The molecule has 0 amide bonds. The van der Waals surface area contributed by atoms with Gasteiger partial charge < -0.3 is 5.11 Å². The van der Waals surface area contributed by atoms with Crippen molar-refractivity contribution in [2.75, 3.05) is 0 Å². The van der Waals surface area contributed by atoms with Crippen LogP contribution in [0.2, 0.25) is 0 Å². The summed E-state index contributed by atoms with van der Waals surface area (Å²) in [6.07, 6.45) is 3.31. The summed E-state index contributed by atoms with van der Waals surface area (Å²) >= 11 is 0. The summed E-state index contributed by atoms with van der Waals surface area (Å²) in [5, 5.41) is 10.1. The van der Waals surface area contributed by atoms with Gasteiger partial charge in [-0.25, -0.2) is 0 Å². The summed E-state index contributed by atoms with van der Waals surface area (Å²) in [6, 6.07) is 9.67. The van der Waals surface area contributed by atoms with E-state index in [0.717, 1.165) is 5.56 Å². The van der Waals surface area contributed by atoms with E-state index >= 15 is 0 Å². The van der Waals surface area contributed by atoms with E-state index in [0.29, 0.717) is 0 Å². The van der Waals surface area contributed by atoms with Crippen LogP contribution in [0.25, 0.3) is 0 Å². The first-order chi connectivity index (χ1) is 7.15. The first-order valence-electron chi connectivity index (χ1n) is 5.15. The van der Waals surface area contributed by atoms with Crippen LogP contribution in [0.1, 0.15) is 25.5 Å². The van der Waals surface area contributed by atoms with Gasteiger partial charge in [0, 0.05) is 5.92 Å². The topological polar surface area (TPSA) is 20.2 Å². The van der Waals surface area contributed by atoms with Gasteiger partial charge in [0.1, 0.15) is 0 Å². The van der Waals surface area contributed by atoms with Crippen LogP contribution in [0.4, 0.5) is 0 Å². The van der Waals surface area contributed by atoms with Gasteiger partial charge in [-0.2, -0.15) is 0 Å². The second-order valence-electron chi connectivity index (χ2n) is 3.91. The van der Waals surface area contributed by atoms with Gasteiger partial charge in [0.05, 0.1) is 6.10 Å². The van der Waals surface area contributed by atoms with Crippen LogP contribution in [0, 0.1) is 5.92 Å². The fourth-order valence-electron chi connectivity index (χ4n) is 1.55. The first-order valence-corrected chi connectivity index (χ1v) is 5.15. The molecule has 0 fully saturated rings. The van der Waals surface area contributed by atoms with Gasteiger partial charge >= 0.3 is 0 Å². The SMILES string of the molecule is C=C[C@H](C=C(C)C)[C@@H](O)c1ccccc1. The Morgan fingerprint density at radius 1 is 1.27 bits per heavy atom. The van der Waals surface area contributed by atoms with E-state index in [-0.39, 0.29) is 5.92 Å². The Labute approximate surface area is 91.8 Å². The van der Waals surface area contributed by atoms with Crippen molar-refractivity contribution in [1.82, 2.24) is 0 Å². The van der Waals surface area contributed by atoms with Gasteiger partial charge in [-0.1, -0.05) is 48.1 Å². The van der Waals surface area contributed by atoms with Crippen LogP contribution in [0.5, 0.6) is 0 Å². The zero-order valence-electron chi connectivity index (χ0n) is 9.35. The minimum absolute atomic E-state index is 0.0163. The summed E-state index contributed by atoms with van der Waals surface area (Å²) < 4.78 is 0. The van der Waals surface area contributed by atoms with Crippen LogP contribution in [-0.2, 0) is 0 Å². The maximum absolute atomic E-state index is 10.1. The molecule has 0 aromatic heterocycles. The molecule has 1 heteroatoms. The standard InChI is InChI=1S/C14H18O/c1-4-12(10-11(2)3)14(15)13-8-6-5-7-9-13/h4-10,12,14-15H,1H2,2-3H3/t12-,14-/m1/s1. The highest BCUT2D eigenvalue weighted by Gasteiger charge is 2.14. The quantitative estimate of drug-likeness (QED) is 0.741. The molecule has 0 heterocycles. The predicted octanol–water partition coefficient (Wildman–Crippen LogP) is 3.49. The summed E-state index contributed by atoms with van der Waals surface area (Å²) in [7, 11) is 0. The van der Waals surface area contributed by atoms with Crippen LogP contribution in [0.3, 0.4) is 0 Å². The molecule has 15 heavy (non-hydrogen) atoms. The summed E-state index contributed by atoms with van der Waals surface area (Å²) in [5.41, 5.74) is 2.12. The number of hydrogen-bond acceptors (Lipinski definition) is 1. The third-order valence-corrected chi connectivity index (χ3v) is 2.30. The number of aliphatic hydroxyl groups is 1. The number of rotatable bonds is 4. The first kappa shape index (κ1) is 11.7. The van der Waals surface area contributed by atoms with E-state index in [4.69, 9.17) is 0 Å². The number of benzene rings is 1. The Balaban J connectivity index is 2.87. The molecule has 1 N–H and O–H groups in total. The molecule has 0 radical (unpaired) electrons. The molecule has 0 saturated carbocycles. The second-order valence-corrected chi connectivity index (χ2v) is 3.91. The minimum Gasteiger partial charge on any atom is -0.387 e. The Bertz CT molecular complexity index is 334. The van der Waals surface area contributed by atoms with E-state index in [1.54, 1.807) is 6.08 Å². The molecule has 2 atom stereocenters. The molecular weight excluding hydrogens is 184 g/mol. The van der Waals surface area contributed by atoms with Crippen LogP contribution < -0.4 is 0 Å². The monoisotopic (exact) mass is 202 g/mol. The molecule has 0 saturated heterocycles. The highest BCUT2D eigenvalue weighted by molar-refractivity contribution is 5.21. The average Bonchev–Trinajstić information content (AvgIpc) is 2.26. The van der Waals surface area contributed by atoms with Crippen LogP contribution in [0.15, 0.2) is 54.6 Å². The number of aliphatic hydroxyl groups excluding tert-OH is 1. The van der Waals surface area contributed by atoms with Crippen molar-refractivity contribution in [1.29, 1.82) is 0 Å². The van der Waals surface area contributed by atoms with Crippen molar-refractivity contribution in [3.63, 3.8) is 0 Å². The maximum atomic E-state index is 10.1. The third-order valence-electron chi connectivity index (χ3n) is 2.30. The lowest BCUT2D eigenvalue weighted by Crippen LogP contribution is -2.08. The molecule has 1 aromatic rings. The fourth-order valence-corrected chi connectivity index (χ4v) is 1.55. The van der Waals surface area contributed by atoms with Crippen molar-refractivity contribution >= 4 is 0 Å². The van der Waals surface area contributed by atoms with Gasteiger partial charge in [-0.15, -0.1) is 6.58 Å². The smallest absolute Gasteiger partial charge is 0.0887 e. The maximum Gasteiger partial charge on any atom is 0.0887 e. The Hall–Kier alpha value is -1.34. The van der Waals surface area contributed by atoms with E-state index in [1.807, 2.05) is 50.3 Å². The molecule has 1 rings (SSSR count). The van der Waals surface area contributed by atoms with Crippen molar-refractivity contribution in [3.8, 4) is 0 Å². The van der Waals surface area contributed by atoms with Crippen LogP contribution in [-0.4, -0.2) is 5.11 Å². The molecule has 0 unspecified atom stereocenters.